The Morgan fingerprint density at radius 2 is 1.90 bits per heavy atom. The maximum Gasteiger partial charge on any atom is 0.335 e. The number of aromatic nitrogens is 4. The van der Waals surface area contributed by atoms with Crippen molar-refractivity contribution in [2.45, 2.75) is 25.4 Å². The lowest BCUT2D eigenvalue weighted by atomic mass is 9.93. The summed E-state index contributed by atoms with van der Waals surface area (Å²) in [7, 11) is 0. The number of amides is 2. The molecule has 0 saturated heterocycles. The number of hydrogen-bond acceptors (Lipinski definition) is 6. The molecular formula is C29H25ClN6O4. The Balaban J connectivity index is 1.36. The normalized spacial score (nSPS) is 13.6. The number of nitrogens with zero attached hydrogens (tertiary/aromatic N) is 5. The van der Waals surface area contributed by atoms with Crippen LogP contribution in [0.4, 0.5) is 0 Å². The summed E-state index contributed by atoms with van der Waals surface area (Å²) in [6, 6.07) is 18.8. The fraction of sp³-hybridized carbons (Fsp3) is 0.172. The van der Waals surface area contributed by atoms with Gasteiger partial charge in [-0.1, -0.05) is 54.1 Å². The molecule has 0 unspecified atom stereocenters. The number of tetrazole rings is 1. The van der Waals surface area contributed by atoms with Gasteiger partial charge in [-0.05, 0) is 63.9 Å². The summed E-state index contributed by atoms with van der Waals surface area (Å²) in [6.07, 6.45) is 5.09. The van der Waals surface area contributed by atoms with Crippen molar-refractivity contribution >= 4 is 35.5 Å². The molecule has 0 fully saturated rings. The molecule has 40 heavy (non-hydrogen) atoms. The van der Waals surface area contributed by atoms with Crippen LogP contribution in [0.25, 0.3) is 11.8 Å². The van der Waals surface area contributed by atoms with Crippen LogP contribution in [0, 0.1) is 0 Å². The number of benzene rings is 3. The summed E-state index contributed by atoms with van der Waals surface area (Å²) in [4.78, 5) is 40.1. The first-order valence-electron chi connectivity index (χ1n) is 12.6. The summed E-state index contributed by atoms with van der Waals surface area (Å²) < 4.78 is 1.46. The standard InChI is InChI=1S/C29H25ClN6O4/c30-22-10-11-26(36-18-31-33-34-36)20(16-22)9-12-27(37)32-25(15-19-5-2-1-3-6-19)28(38)35-14-13-23-21(17-35)7-4-8-24(23)29(39)40/h1-12,16,18,25H,13-15,17H2,(H,32,37)(H,39,40)/b12-9+/t25-/m0/s1. The Bertz CT molecular complexity index is 1570. The number of carboxylic acids is 1. The van der Waals surface area contributed by atoms with Crippen LogP contribution >= 0.6 is 11.6 Å². The van der Waals surface area contributed by atoms with Gasteiger partial charge in [-0.25, -0.2) is 4.79 Å². The Hall–Kier alpha value is -4.83. The number of fused-ring (bicyclic) bond motifs is 1. The van der Waals surface area contributed by atoms with E-state index in [1.807, 2.05) is 36.4 Å². The van der Waals surface area contributed by atoms with E-state index in [9.17, 15) is 19.5 Å². The maximum atomic E-state index is 13.7. The lowest BCUT2D eigenvalue weighted by Crippen LogP contribution is -2.50. The summed E-state index contributed by atoms with van der Waals surface area (Å²) >= 11 is 6.18. The highest BCUT2D eigenvalue weighted by Gasteiger charge is 2.30. The van der Waals surface area contributed by atoms with Gasteiger partial charge in [-0.15, -0.1) is 5.10 Å². The molecule has 0 aliphatic carbocycles. The van der Waals surface area contributed by atoms with Crippen molar-refractivity contribution in [1.82, 2.24) is 30.4 Å². The van der Waals surface area contributed by atoms with E-state index in [1.54, 1.807) is 41.3 Å². The molecule has 3 aromatic carbocycles. The highest BCUT2D eigenvalue weighted by Crippen LogP contribution is 2.24. The van der Waals surface area contributed by atoms with Crippen molar-refractivity contribution in [3.63, 3.8) is 0 Å². The first-order valence-corrected chi connectivity index (χ1v) is 12.9. The molecule has 2 heterocycles. The molecule has 11 heteroatoms. The van der Waals surface area contributed by atoms with E-state index in [0.29, 0.717) is 35.7 Å². The largest absolute Gasteiger partial charge is 0.478 e. The number of carbonyl (C=O) groups excluding carboxylic acids is 2. The Morgan fingerprint density at radius 1 is 1.07 bits per heavy atom. The van der Waals surface area contributed by atoms with Gasteiger partial charge >= 0.3 is 5.97 Å². The Kier molecular flexibility index (Phi) is 7.97. The zero-order chi connectivity index (χ0) is 28.1. The van der Waals surface area contributed by atoms with Crippen LogP contribution in [0.5, 0.6) is 0 Å². The molecule has 10 nitrogen and oxygen atoms in total. The SMILES string of the molecule is O=C(/C=C/c1cc(Cl)ccc1-n1cnnn1)N[C@@H](Cc1ccccc1)C(=O)N1CCc2c(cccc2C(=O)O)C1. The Labute approximate surface area is 234 Å². The predicted octanol–water partition coefficient (Wildman–Crippen LogP) is 3.34. The second-order valence-corrected chi connectivity index (χ2v) is 9.74. The first kappa shape index (κ1) is 26.8. The van der Waals surface area contributed by atoms with Gasteiger partial charge in [0.05, 0.1) is 11.3 Å². The van der Waals surface area contributed by atoms with E-state index in [4.69, 9.17) is 11.6 Å². The van der Waals surface area contributed by atoms with E-state index in [-0.39, 0.29) is 18.0 Å². The highest BCUT2D eigenvalue weighted by atomic mass is 35.5. The minimum Gasteiger partial charge on any atom is -0.478 e. The monoisotopic (exact) mass is 556 g/mol. The molecule has 1 aliphatic heterocycles. The van der Waals surface area contributed by atoms with Gasteiger partial charge in [0.15, 0.2) is 0 Å². The Morgan fingerprint density at radius 3 is 2.65 bits per heavy atom. The molecule has 0 bridgehead atoms. The average molecular weight is 557 g/mol. The zero-order valence-corrected chi connectivity index (χ0v) is 22.0. The van der Waals surface area contributed by atoms with Crippen LogP contribution in [0.2, 0.25) is 5.02 Å². The summed E-state index contributed by atoms with van der Waals surface area (Å²) in [6.45, 7) is 0.620. The molecule has 0 spiro atoms. The van der Waals surface area contributed by atoms with Gasteiger partial charge in [0, 0.05) is 36.2 Å². The lowest BCUT2D eigenvalue weighted by molar-refractivity contribution is -0.136. The van der Waals surface area contributed by atoms with Crippen molar-refractivity contribution < 1.29 is 19.5 Å². The van der Waals surface area contributed by atoms with Crippen molar-refractivity contribution in [3.8, 4) is 5.69 Å². The molecular weight excluding hydrogens is 532 g/mol. The van der Waals surface area contributed by atoms with Gasteiger partial charge in [0.2, 0.25) is 11.8 Å². The van der Waals surface area contributed by atoms with Crippen molar-refractivity contribution in [1.29, 1.82) is 0 Å². The number of hydrogen-bond donors (Lipinski definition) is 2. The van der Waals surface area contributed by atoms with E-state index < -0.39 is 17.9 Å². The van der Waals surface area contributed by atoms with Crippen LogP contribution < -0.4 is 5.32 Å². The molecule has 2 N–H and O–H groups in total. The highest BCUT2D eigenvalue weighted by molar-refractivity contribution is 6.30. The molecule has 1 aliphatic rings. The van der Waals surface area contributed by atoms with E-state index in [1.165, 1.54) is 17.1 Å². The second kappa shape index (κ2) is 11.9. The summed E-state index contributed by atoms with van der Waals surface area (Å²) in [5.41, 5.74) is 3.93. The van der Waals surface area contributed by atoms with E-state index in [0.717, 1.165) is 16.7 Å². The topological polar surface area (TPSA) is 130 Å². The number of halogens is 1. The van der Waals surface area contributed by atoms with Gasteiger partial charge < -0.3 is 15.3 Å². The predicted molar refractivity (Wildman–Crippen MR) is 148 cm³/mol. The maximum absolute atomic E-state index is 13.7. The van der Waals surface area contributed by atoms with Crippen molar-refractivity contribution in [2.24, 2.45) is 0 Å². The zero-order valence-electron chi connectivity index (χ0n) is 21.3. The molecule has 0 radical (unpaired) electrons. The number of nitrogens with one attached hydrogen (secondary N) is 1. The quantitative estimate of drug-likeness (QED) is 0.318. The molecule has 0 saturated carbocycles. The van der Waals surface area contributed by atoms with E-state index in [2.05, 4.69) is 20.8 Å². The first-order chi connectivity index (χ1) is 19.4. The van der Waals surface area contributed by atoms with Crippen LogP contribution in [-0.4, -0.2) is 60.6 Å². The van der Waals surface area contributed by atoms with Crippen LogP contribution in [0.15, 0.2) is 79.1 Å². The average Bonchev–Trinajstić information content (AvgIpc) is 3.50. The summed E-state index contributed by atoms with van der Waals surface area (Å²) in [5, 5.41) is 24.1. The fourth-order valence-electron chi connectivity index (χ4n) is 4.79. The molecule has 1 atom stereocenters. The van der Waals surface area contributed by atoms with Gasteiger partial charge in [0.1, 0.15) is 12.4 Å². The molecule has 2 amide bonds. The van der Waals surface area contributed by atoms with Crippen molar-refractivity contribution in [3.05, 3.63) is 112 Å². The minimum atomic E-state index is -0.986. The van der Waals surface area contributed by atoms with Gasteiger partial charge in [0.25, 0.3) is 0 Å². The second-order valence-electron chi connectivity index (χ2n) is 9.30. The van der Waals surface area contributed by atoms with Gasteiger partial charge in [-0.2, -0.15) is 4.68 Å². The van der Waals surface area contributed by atoms with Gasteiger partial charge in [-0.3, -0.25) is 9.59 Å². The summed E-state index contributed by atoms with van der Waals surface area (Å²) in [5.74, 6) is -1.68. The number of carbonyl (C=O) groups is 3. The number of carboxylic acid groups (broad SMARTS) is 1. The molecule has 202 valence electrons. The van der Waals surface area contributed by atoms with E-state index >= 15 is 0 Å². The minimum absolute atomic E-state index is 0.242. The van der Waals surface area contributed by atoms with Crippen LogP contribution in [-0.2, 0) is 29.0 Å². The third kappa shape index (κ3) is 6.08. The fourth-order valence-corrected chi connectivity index (χ4v) is 4.97. The lowest BCUT2D eigenvalue weighted by Gasteiger charge is -2.32. The molecule has 5 rings (SSSR count). The molecule has 1 aromatic heterocycles. The smallest absolute Gasteiger partial charge is 0.335 e. The molecule has 4 aromatic rings. The number of rotatable bonds is 8. The van der Waals surface area contributed by atoms with Crippen LogP contribution in [0.3, 0.4) is 0 Å². The van der Waals surface area contributed by atoms with Crippen molar-refractivity contribution in [2.75, 3.05) is 6.54 Å². The number of aromatic carboxylic acids is 1. The third-order valence-corrected chi connectivity index (χ3v) is 6.94. The third-order valence-electron chi connectivity index (χ3n) is 6.70. The van der Waals surface area contributed by atoms with Crippen LogP contribution in [0.1, 0.15) is 32.6 Å².